The highest BCUT2D eigenvalue weighted by atomic mass is 32.2. The van der Waals surface area contributed by atoms with Gasteiger partial charge in [-0.1, -0.05) is 6.07 Å². The van der Waals surface area contributed by atoms with Crippen LogP contribution in [0.25, 0.3) is 17.0 Å². The molecule has 142 valence electrons. The van der Waals surface area contributed by atoms with Gasteiger partial charge in [0.1, 0.15) is 5.75 Å². The molecule has 1 aliphatic heterocycles. The van der Waals surface area contributed by atoms with Crippen molar-refractivity contribution in [3.63, 3.8) is 0 Å². The molecule has 0 bridgehead atoms. The summed E-state index contributed by atoms with van der Waals surface area (Å²) in [6.45, 7) is 5.30. The lowest BCUT2D eigenvalue weighted by Crippen LogP contribution is -2.17. The third-order valence-corrected chi connectivity index (χ3v) is 6.28. The zero-order chi connectivity index (χ0) is 19.5. The number of carbonyl (C=O) groups is 1. The number of amidine groups is 1. The van der Waals surface area contributed by atoms with Crippen LogP contribution in [0.1, 0.15) is 22.9 Å². The molecule has 0 spiro atoms. The number of carbonyl (C=O) groups excluding carboxylic acids is 1. The van der Waals surface area contributed by atoms with Crippen molar-refractivity contribution in [3.8, 4) is 5.75 Å². The fourth-order valence-corrected chi connectivity index (χ4v) is 4.54. The van der Waals surface area contributed by atoms with Gasteiger partial charge in [0, 0.05) is 16.5 Å². The Morgan fingerprint density at radius 2 is 2.14 bits per heavy atom. The first-order chi connectivity index (χ1) is 13.6. The molecule has 3 aromatic rings. The summed E-state index contributed by atoms with van der Waals surface area (Å²) in [5.41, 5.74) is 3.03. The number of hydrogen-bond donors (Lipinski definition) is 1. The highest BCUT2D eigenvalue weighted by Gasteiger charge is 2.22. The van der Waals surface area contributed by atoms with E-state index in [1.807, 2.05) is 37.3 Å². The summed E-state index contributed by atoms with van der Waals surface area (Å²) in [6.07, 6.45) is 3.60. The largest absolute Gasteiger partial charge is 0.493 e. The monoisotopic (exact) mass is 409 g/mol. The summed E-state index contributed by atoms with van der Waals surface area (Å²) in [6, 6.07) is 9.83. The van der Waals surface area contributed by atoms with Crippen molar-refractivity contribution >= 4 is 51.2 Å². The first kappa shape index (κ1) is 18.7. The van der Waals surface area contributed by atoms with Crippen LogP contribution in [-0.4, -0.2) is 22.7 Å². The van der Waals surface area contributed by atoms with Gasteiger partial charge in [-0.2, -0.15) is 4.99 Å². The molecular formula is C21H19N3O2S2. The Bertz CT molecular complexity index is 1100. The van der Waals surface area contributed by atoms with Gasteiger partial charge in [0.05, 0.1) is 23.6 Å². The van der Waals surface area contributed by atoms with Gasteiger partial charge < -0.3 is 10.1 Å². The van der Waals surface area contributed by atoms with Crippen molar-refractivity contribution in [2.45, 2.75) is 20.4 Å². The van der Waals surface area contributed by atoms with Crippen LogP contribution in [0.3, 0.4) is 0 Å². The van der Waals surface area contributed by atoms with Crippen LogP contribution in [-0.2, 0) is 11.3 Å². The van der Waals surface area contributed by atoms with Crippen LogP contribution in [0.5, 0.6) is 5.75 Å². The topological polar surface area (TPSA) is 63.6 Å². The molecule has 4 rings (SSSR count). The first-order valence-corrected chi connectivity index (χ1v) is 10.6. The molecule has 0 unspecified atom stereocenters. The van der Waals surface area contributed by atoms with E-state index in [4.69, 9.17) is 4.74 Å². The van der Waals surface area contributed by atoms with Crippen molar-refractivity contribution in [1.82, 2.24) is 10.3 Å². The molecule has 1 amide bonds. The number of aliphatic imine (C=N–C) groups is 1. The number of amides is 1. The maximum Gasteiger partial charge on any atom is 0.286 e. The average molecular weight is 410 g/mol. The quantitative estimate of drug-likeness (QED) is 0.616. The maximum atomic E-state index is 12.3. The lowest BCUT2D eigenvalue weighted by Gasteiger charge is -2.07. The second-order valence-electron chi connectivity index (χ2n) is 6.23. The smallest absolute Gasteiger partial charge is 0.286 e. The van der Waals surface area contributed by atoms with E-state index >= 15 is 0 Å². The number of thioether (sulfide) groups is 1. The summed E-state index contributed by atoms with van der Waals surface area (Å²) >= 11 is 3.07. The molecule has 2 aromatic heterocycles. The number of hydrogen-bond acceptors (Lipinski definition) is 6. The predicted molar refractivity (Wildman–Crippen MR) is 117 cm³/mol. The molecule has 0 aliphatic carbocycles. The number of nitrogens with one attached hydrogen (secondary N) is 1. The van der Waals surface area contributed by atoms with Crippen LogP contribution in [0.2, 0.25) is 0 Å². The molecule has 5 nitrogen and oxygen atoms in total. The van der Waals surface area contributed by atoms with Crippen LogP contribution >= 0.6 is 23.1 Å². The van der Waals surface area contributed by atoms with Crippen molar-refractivity contribution in [3.05, 3.63) is 62.8 Å². The zero-order valence-corrected chi connectivity index (χ0v) is 17.2. The maximum absolute atomic E-state index is 12.3. The third-order valence-electron chi connectivity index (χ3n) is 4.31. The van der Waals surface area contributed by atoms with Gasteiger partial charge in [-0.05, 0) is 72.5 Å². The van der Waals surface area contributed by atoms with Crippen LogP contribution in [0.15, 0.2) is 51.8 Å². The van der Waals surface area contributed by atoms with Crippen molar-refractivity contribution in [2.75, 3.05) is 6.61 Å². The fourth-order valence-electron chi connectivity index (χ4n) is 2.89. The number of aryl methyl sites for hydroxylation is 1. The number of aromatic nitrogens is 1. The molecule has 0 atom stereocenters. The molecule has 0 fully saturated rings. The lowest BCUT2D eigenvalue weighted by atomic mass is 10.1. The number of nitrogens with zero attached hydrogens (tertiary/aromatic N) is 2. The van der Waals surface area contributed by atoms with Crippen LogP contribution < -0.4 is 10.1 Å². The van der Waals surface area contributed by atoms with E-state index in [0.717, 1.165) is 22.2 Å². The van der Waals surface area contributed by atoms with E-state index in [0.29, 0.717) is 23.2 Å². The van der Waals surface area contributed by atoms with Gasteiger partial charge in [0.25, 0.3) is 5.91 Å². The van der Waals surface area contributed by atoms with Crippen LogP contribution in [0, 0.1) is 6.92 Å². The van der Waals surface area contributed by atoms with Gasteiger partial charge in [-0.25, -0.2) is 0 Å². The SMILES string of the molecule is CCOc1ccnc2ccc(/C=C3\SC(NCc4sccc4C)=NC3=O)cc12. The van der Waals surface area contributed by atoms with E-state index < -0.39 is 0 Å². The van der Waals surface area contributed by atoms with Crippen LogP contribution in [0.4, 0.5) is 0 Å². The number of ether oxygens (including phenoxy) is 1. The normalized spacial score (nSPS) is 15.3. The Morgan fingerprint density at radius 1 is 1.25 bits per heavy atom. The molecule has 1 aromatic carbocycles. The van der Waals surface area contributed by atoms with Gasteiger partial charge in [0.2, 0.25) is 0 Å². The first-order valence-electron chi connectivity index (χ1n) is 8.95. The third kappa shape index (κ3) is 3.95. The highest BCUT2D eigenvalue weighted by molar-refractivity contribution is 8.18. The molecule has 7 heteroatoms. The Kier molecular flexibility index (Phi) is 5.45. The molecule has 0 radical (unpaired) electrons. The van der Waals surface area contributed by atoms with E-state index in [1.165, 1.54) is 22.2 Å². The van der Waals surface area contributed by atoms with E-state index in [9.17, 15) is 4.79 Å². The highest BCUT2D eigenvalue weighted by Crippen LogP contribution is 2.30. The number of pyridine rings is 1. The zero-order valence-electron chi connectivity index (χ0n) is 15.6. The Hall–Kier alpha value is -2.64. The van der Waals surface area contributed by atoms with Crippen molar-refractivity contribution < 1.29 is 9.53 Å². The number of fused-ring (bicyclic) bond motifs is 1. The standard InChI is InChI=1S/C21H19N3O2S2/c1-3-26-17-6-8-22-16-5-4-14(10-15(16)17)11-18-20(25)24-21(28-18)23-12-19-13(2)7-9-27-19/h4-11H,3,12H2,1-2H3,(H,23,24,25)/b18-11-. The minimum Gasteiger partial charge on any atom is -0.493 e. The second kappa shape index (κ2) is 8.16. The number of thiophene rings is 1. The predicted octanol–water partition coefficient (Wildman–Crippen LogP) is 4.76. The van der Waals surface area contributed by atoms with E-state index in [2.05, 4.69) is 33.7 Å². The Labute approximate surface area is 171 Å². The van der Waals surface area contributed by atoms with E-state index in [1.54, 1.807) is 17.5 Å². The molecule has 0 saturated heterocycles. The second-order valence-corrected chi connectivity index (χ2v) is 8.26. The summed E-state index contributed by atoms with van der Waals surface area (Å²) in [4.78, 5) is 22.7. The van der Waals surface area contributed by atoms with Crippen molar-refractivity contribution in [2.24, 2.45) is 4.99 Å². The molecular weight excluding hydrogens is 390 g/mol. The minimum atomic E-state index is -0.216. The van der Waals surface area contributed by atoms with Gasteiger partial charge in [-0.15, -0.1) is 11.3 Å². The summed E-state index contributed by atoms with van der Waals surface area (Å²) < 4.78 is 5.69. The van der Waals surface area contributed by atoms with E-state index in [-0.39, 0.29) is 5.91 Å². The van der Waals surface area contributed by atoms with Gasteiger partial charge >= 0.3 is 0 Å². The Balaban J connectivity index is 1.52. The van der Waals surface area contributed by atoms with Crippen molar-refractivity contribution in [1.29, 1.82) is 0 Å². The fraction of sp³-hybridized carbons (Fsp3) is 0.190. The average Bonchev–Trinajstić information content (AvgIpc) is 3.26. The lowest BCUT2D eigenvalue weighted by molar-refractivity contribution is -0.113. The van der Waals surface area contributed by atoms with Gasteiger partial charge in [-0.3, -0.25) is 9.78 Å². The summed E-state index contributed by atoms with van der Waals surface area (Å²) in [5.74, 6) is 0.579. The number of benzene rings is 1. The Morgan fingerprint density at radius 3 is 2.93 bits per heavy atom. The summed E-state index contributed by atoms with van der Waals surface area (Å²) in [7, 11) is 0. The minimum absolute atomic E-state index is 0.216. The molecule has 0 saturated carbocycles. The number of rotatable bonds is 5. The molecule has 3 heterocycles. The van der Waals surface area contributed by atoms with Gasteiger partial charge in [0.15, 0.2) is 5.17 Å². The summed E-state index contributed by atoms with van der Waals surface area (Å²) in [5, 5.41) is 6.90. The molecule has 1 N–H and O–H groups in total. The molecule has 1 aliphatic rings. The molecule has 28 heavy (non-hydrogen) atoms.